The summed E-state index contributed by atoms with van der Waals surface area (Å²) in [6.07, 6.45) is 2.82. The number of aromatic nitrogens is 1. The van der Waals surface area contributed by atoms with Crippen molar-refractivity contribution in [2.45, 2.75) is 6.42 Å². The number of rotatable bonds is 0. The van der Waals surface area contributed by atoms with Gasteiger partial charge in [0.15, 0.2) is 0 Å². The minimum absolute atomic E-state index is 0.963. The zero-order chi connectivity index (χ0) is 9.54. The number of nitrogens with zero attached hydrogens (tertiary/aromatic N) is 1. The number of halogens is 1. The van der Waals surface area contributed by atoms with E-state index in [1.165, 1.54) is 22.4 Å². The molecule has 0 saturated carbocycles. The van der Waals surface area contributed by atoms with Gasteiger partial charge in [0.2, 0.25) is 0 Å². The van der Waals surface area contributed by atoms with Crippen LogP contribution >= 0.6 is 15.9 Å². The summed E-state index contributed by atoms with van der Waals surface area (Å²) in [4.78, 5) is 4.39. The smallest absolute Gasteiger partial charge is 0.0525 e. The van der Waals surface area contributed by atoms with Crippen molar-refractivity contribution in [1.29, 1.82) is 0 Å². The average Bonchev–Trinajstić information content (AvgIpc) is 2.54. The van der Waals surface area contributed by atoms with Gasteiger partial charge in [-0.15, -0.1) is 0 Å². The number of benzene rings is 1. The van der Waals surface area contributed by atoms with Crippen LogP contribution in [0.2, 0.25) is 0 Å². The largest absolute Gasteiger partial charge is 0.260 e. The Balaban J connectivity index is 2.27. The summed E-state index contributed by atoms with van der Waals surface area (Å²) in [6, 6.07) is 10.6. The molecular formula is C12H8BrN. The maximum atomic E-state index is 4.39. The summed E-state index contributed by atoms with van der Waals surface area (Å²) in [5.74, 6) is 0. The maximum absolute atomic E-state index is 4.39. The molecule has 1 nitrogen and oxygen atoms in total. The Morgan fingerprint density at radius 3 is 3.00 bits per heavy atom. The van der Waals surface area contributed by atoms with E-state index in [0.29, 0.717) is 0 Å². The highest BCUT2D eigenvalue weighted by Crippen LogP contribution is 2.36. The molecule has 1 aliphatic carbocycles. The van der Waals surface area contributed by atoms with E-state index in [0.717, 1.165) is 10.9 Å². The highest BCUT2D eigenvalue weighted by Gasteiger charge is 2.18. The van der Waals surface area contributed by atoms with Crippen molar-refractivity contribution in [3.8, 4) is 11.1 Å². The van der Waals surface area contributed by atoms with Crippen LogP contribution in [0.1, 0.15) is 11.3 Å². The van der Waals surface area contributed by atoms with Gasteiger partial charge in [0.1, 0.15) is 0 Å². The molecule has 68 valence electrons. The van der Waals surface area contributed by atoms with Crippen LogP contribution in [-0.2, 0) is 6.42 Å². The monoisotopic (exact) mass is 245 g/mol. The molecule has 1 aromatic carbocycles. The zero-order valence-corrected chi connectivity index (χ0v) is 9.08. The summed E-state index contributed by atoms with van der Waals surface area (Å²) in [5, 5.41) is 0. The van der Waals surface area contributed by atoms with Crippen LogP contribution in [0.3, 0.4) is 0 Å². The Bertz CT molecular complexity index is 505. The van der Waals surface area contributed by atoms with E-state index < -0.39 is 0 Å². The summed E-state index contributed by atoms with van der Waals surface area (Å²) in [7, 11) is 0. The average molecular weight is 246 g/mol. The second-order valence-corrected chi connectivity index (χ2v) is 4.39. The predicted molar refractivity (Wildman–Crippen MR) is 60.2 cm³/mol. The molecular weight excluding hydrogens is 238 g/mol. The van der Waals surface area contributed by atoms with Crippen LogP contribution in [-0.4, -0.2) is 4.98 Å². The fraction of sp³-hybridized carbons (Fsp3) is 0.0833. The Hall–Kier alpha value is -1.15. The van der Waals surface area contributed by atoms with Gasteiger partial charge in [-0.2, -0.15) is 0 Å². The van der Waals surface area contributed by atoms with E-state index in [1.807, 2.05) is 12.3 Å². The van der Waals surface area contributed by atoms with Gasteiger partial charge >= 0.3 is 0 Å². The molecule has 0 amide bonds. The topological polar surface area (TPSA) is 12.9 Å². The lowest BCUT2D eigenvalue weighted by Crippen LogP contribution is -1.83. The third-order valence-corrected chi connectivity index (χ3v) is 3.10. The molecule has 0 bridgehead atoms. The van der Waals surface area contributed by atoms with Crippen molar-refractivity contribution in [3.05, 3.63) is 52.3 Å². The Morgan fingerprint density at radius 2 is 2.07 bits per heavy atom. The highest BCUT2D eigenvalue weighted by atomic mass is 79.9. The van der Waals surface area contributed by atoms with Gasteiger partial charge in [-0.05, 0) is 29.3 Å². The predicted octanol–water partition coefficient (Wildman–Crippen LogP) is 3.42. The maximum Gasteiger partial charge on any atom is 0.0525 e. The van der Waals surface area contributed by atoms with Crippen molar-refractivity contribution in [2.24, 2.45) is 0 Å². The van der Waals surface area contributed by atoms with Crippen molar-refractivity contribution in [2.75, 3.05) is 0 Å². The van der Waals surface area contributed by atoms with E-state index >= 15 is 0 Å². The van der Waals surface area contributed by atoms with E-state index in [2.05, 4.69) is 45.2 Å². The molecule has 0 unspecified atom stereocenters. The molecule has 0 spiro atoms. The molecule has 0 aliphatic heterocycles. The van der Waals surface area contributed by atoms with Gasteiger partial charge in [0, 0.05) is 22.7 Å². The van der Waals surface area contributed by atoms with Crippen LogP contribution in [0.4, 0.5) is 0 Å². The lowest BCUT2D eigenvalue weighted by atomic mass is 10.1. The third-order valence-electron chi connectivity index (χ3n) is 2.61. The first kappa shape index (κ1) is 8.18. The van der Waals surface area contributed by atoms with Crippen molar-refractivity contribution in [1.82, 2.24) is 4.98 Å². The Morgan fingerprint density at radius 1 is 1.14 bits per heavy atom. The first-order chi connectivity index (χ1) is 6.84. The molecule has 2 heteroatoms. The second-order valence-electron chi connectivity index (χ2n) is 3.48. The lowest BCUT2D eigenvalue weighted by Gasteiger charge is -1.99. The van der Waals surface area contributed by atoms with Crippen LogP contribution in [0.25, 0.3) is 11.1 Å². The van der Waals surface area contributed by atoms with Crippen molar-refractivity contribution >= 4 is 15.9 Å². The molecule has 1 heterocycles. The summed E-state index contributed by atoms with van der Waals surface area (Å²) < 4.78 is 1.14. The van der Waals surface area contributed by atoms with Gasteiger partial charge in [0.25, 0.3) is 0 Å². The number of hydrogen-bond donors (Lipinski definition) is 0. The van der Waals surface area contributed by atoms with Gasteiger partial charge in [0.05, 0.1) is 5.69 Å². The fourth-order valence-electron chi connectivity index (χ4n) is 1.98. The first-order valence-corrected chi connectivity index (χ1v) is 5.36. The van der Waals surface area contributed by atoms with E-state index in [-0.39, 0.29) is 0 Å². The van der Waals surface area contributed by atoms with E-state index in [4.69, 9.17) is 0 Å². The minimum atomic E-state index is 0.963. The van der Waals surface area contributed by atoms with E-state index in [9.17, 15) is 0 Å². The summed E-state index contributed by atoms with van der Waals surface area (Å²) in [6.45, 7) is 0. The normalized spacial score (nSPS) is 12.4. The second kappa shape index (κ2) is 2.92. The molecule has 1 aliphatic rings. The first-order valence-electron chi connectivity index (χ1n) is 4.57. The molecule has 2 aromatic rings. The molecule has 3 rings (SSSR count). The summed E-state index contributed by atoms with van der Waals surface area (Å²) >= 11 is 3.49. The molecule has 0 N–H and O–H groups in total. The quantitative estimate of drug-likeness (QED) is 0.592. The molecule has 0 atom stereocenters. The van der Waals surface area contributed by atoms with Crippen LogP contribution in [0.15, 0.2) is 41.0 Å². The molecule has 1 aromatic heterocycles. The number of pyridine rings is 1. The van der Waals surface area contributed by atoms with Crippen molar-refractivity contribution in [3.63, 3.8) is 0 Å². The number of fused-ring (bicyclic) bond motifs is 3. The van der Waals surface area contributed by atoms with Gasteiger partial charge in [-0.1, -0.05) is 28.1 Å². The molecule has 0 radical (unpaired) electrons. The zero-order valence-electron chi connectivity index (χ0n) is 7.50. The molecule has 0 fully saturated rings. The van der Waals surface area contributed by atoms with Crippen LogP contribution in [0, 0.1) is 0 Å². The summed E-state index contributed by atoms with van der Waals surface area (Å²) in [5.41, 5.74) is 5.18. The van der Waals surface area contributed by atoms with Crippen LogP contribution in [0.5, 0.6) is 0 Å². The van der Waals surface area contributed by atoms with Gasteiger partial charge in [-0.25, -0.2) is 0 Å². The van der Waals surface area contributed by atoms with Gasteiger partial charge in [-0.3, -0.25) is 4.98 Å². The van der Waals surface area contributed by atoms with Crippen molar-refractivity contribution < 1.29 is 0 Å². The number of hydrogen-bond acceptors (Lipinski definition) is 1. The van der Waals surface area contributed by atoms with Crippen LogP contribution < -0.4 is 0 Å². The Labute approximate surface area is 90.9 Å². The highest BCUT2D eigenvalue weighted by molar-refractivity contribution is 9.10. The Kier molecular flexibility index (Phi) is 1.71. The SMILES string of the molecule is Brc1ccc2c(c1)Cc1ncccc1-2. The lowest BCUT2D eigenvalue weighted by molar-refractivity contribution is 1.12. The third kappa shape index (κ3) is 1.11. The minimum Gasteiger partial charge on any atom is -0.260 e. The van der Waals surface area contributed by atoms with Gasteiger partial charge < -0.3 is 0 Å². The molecule has 0 saturated heterocycles. The standard InChI is InChI=1S/C12H8BrN/c13-9-3-4-10-8(6-9)7-12-11(10)2-1-5-14-12/h1-6H,7H2. The fourth-order valence-corrected chi connectivity index (χ4v) is 2.38. The molecule has 14 heavy (non-hydrogen) atoms. The van der Waals surface area contributed by atoms with E-state index in [1.54, 1.807) is 0 Å².